The van der Waals surface area contributed by atoms with Crippen molar-refractivity contribution in [1.82, 2.24) is 20.2 Å². The standard InChI is InChI=1S/C14H16N6O4S2/c1-4-24-11-6-5-9(7-10(11)20(22)23)12(21)15-13(25)18-19-8(2)16-17-14(19)26-3/h5-7H,4H2,1-3H3,(H2,15,18,21,25). The number of aromatic nitrogens is 3. The molecule has 0 spiro atoms. The van der Waals surface area contributed by atoms with Crippen LogP contribution >= 0.6 is 24.0 Å². The summed E-state index contributed by atoms with van der Waals surface area (Å²) in [5, 5.41) is 22.0. The van der Waals surface area contributed by atoms with Crippen LogP contribution in [-0.4, -0.2) is 43.7 Å². The number of aryl methyl sites for hydroxylation is 1. The van der Waals surface area contributed by atoms with Gasteiger partial charge >= 0.3 is 5.69 Å². The van der Waals surface area contributed by atoms with Gasteiger partial charge in [0.1, 0.15) is 5.82 Å². The van der Waals surface area contributed by atoms with Gasteiger partial charge in [-0.15, -0.1) is 10.2 Å². The maximum absolute atomic E-state index is 12.3. The first-order valence-electron chi connectivity index (χ1n) is 7.37. The lowest BCUT2D eigenvalue weighted by Crippen LogP contribution is -2.38. The maximum atomic E-state index is 12.3. The highest BCUT2D eigenvalue weighted by atomic mass is 32.2. The van der Waals surface area contributed by atoms with Crippen molar-refractivity contribution in [2.24, 2.45) is 0 Å². The van der Waals surface area contributed by atoms with E-state index in [1.54, 1.807) is 13.8 Å². The molecule has 1 aromatic carbocycles. The van der Waals surface area contributed by atoms with Crippen LogP contribution in [0.25, 0.3) is 0 Å². The van der Waals surface area contributed by atoms with Crippen molar-refractivity contribution in [3.05, 3.63) is 39.7 Å². The SMILES string of the molecule is CCOc1ccc(C(=O)NC(=S)Nn2c(C)nnc2SC)cc1[N+](=O)[O-]. The van der Waals surface area contributed by atoms with E-state index >= 15 is 0 Å². The van der Waals surface area contributed by atoms with Gasteiger partial charge < -0.3 is 4.74 Å². The van der Waals surface area contributed by atoms with E-state index in [1.807, 2.05) is 6.26 Å². The Morgan fingerprint density at radius 1 is 1.46 bits per heavy atom. The molecule has 0 saturated carbocycles. The summed E-state index contributed by atoms with van der Waals surface area (Å²) in [6.45, 7) is 3.71. The quantitative estimate of drug-likeness (QED) is 0.326. The van der Waals surface area contributed by atoms with Gasteiger partial charge in [0.2, 0.25) is 5.16 Å². The zero-order valence-electron chi connectivity index (χ0n) is 14.2. The molecule has 0 aliphatic rings. The molecule has 1 heterocycles. The number of nitro groups is 1. The van der Waals surface area contributed by atoms with Gasteiger partial charge in [0.15, 0.2) is 10.9 Å². The highest BCUT2D eigenvalue weighted by Crippen LogP contribution is 2.27. The van der Waals surface area contributed by atoms with Crippen molar-refractivity contribution in [1.29, 1.82) is 0 Å². The average Bonchev–Trinajstić information content (AvgIpc) is 2.95. The van der Waals surface area contributed by atoms with E-state index in [0.29, 0.717) is 11.0 Å². The number of nitro benzene ring substituents is 1. The number of hydrogen-bond donors (Lipinski definition) is 2. The summed E-state index contributed by atoms with van der Waals surface area (Å²) in [5.74, 6) is 0.0622. The Morgan fingerprint density at radius 3 is 2.81 bits per heavy atom. The van der Waals surface area contributed by atoms with Crippen LogP contribution in [0.3, 0.4) is 0 Å². The molecule has 1 aromatic heterocycles. The normalized spacial score (nSPS) is 10.3. The number of thioether (sulfide) groups is 1. The second-order valence-electron chi connectivity index (χ2n) is 4.84. The minimum absolute atomic E-state index is 0.00439. The van der Waals surface area contributed by atoms with E-state index < -0.39 is 10.8 Å². The molecule has 2 aromatic rings. The van der Waals surface area contributed by atoms with Crippen molar-refractivity contribution in [3.8, 4) is 5.75 Å². The molecule has 26 heavy (non-hydrogen) atoms. The number of thiocarbonyl (C=S) groups is 1. The minimum atomic E-state index is -0.608. The molecule has 1 amide bonds. The predicted molar refractivity (Wildman–Crippen MR) is 100 cm³/mol. The molecule has 0 aliphatic heterocycles. The largest absolute Gasteiger partial charge is 0.487 e. The van der Waals surface area contributed by atoms with Crippen LogP contribution < -0.4 is 15.5 Å². The molecule has 12 heteroatoms. The molecule has 0 bridgehead atoms. The Balaban J connectivity index is 2.14. The lowest BCUT2D eigenvalue weighted by Gasteiger charge is -2.12. The number of benzene rings is 1. The van der Waals surface area contributed by atoms with Crippen LogP contribution in [0.4, 0.5) is 5.69 Å². The van der Waals surface area contributed by atoms with Crippen molar-refractivity contribution in [2.75, 3.05) is 18.3 Å². The highest BCUT2D eigenvalue weighted by molar-refractivity contribution is 7.98. The zero-order valence-corrected chi connectivity index (χ0v) is 15.8. The summed E-state index contributed by atoms with van der Waals surface area (Å²) in [6.07, 6.45) is 1.82. The van der Waals surface area contributed by atoms with Gasteiger partial charge in [-0.2, -0.15) is 0 Å². The molecule has 10 nitrogen and oxygen atoms in total. The molecule has 0 fully saturated rings. The number of rotatable bonds is 6. The van der Waals surface area contributed by atoms with Crippen molar-refractivity contribution in [3.63, 3.8) is 0 Å². The van der Waals surface area contributed by atoms with Crippen molar-refractivity contribution >= 4 is 40.7 Å². The highest BCUT2D eigenvalue weighted by Gasteiger charge is 2.19. The fourth-order valence-corrected chi connectivity index (χ4v) is 2.65. The Hall–Kier alpha value is -2.73. The van der Waals surface area contributed by atoms with E-state index in [2.05, 4.69) is 20.9 Å². The van der Waals surface area contributed by atoms with Gasteiger partial charge in [-0.3, -0.25) is 25.7 Å². The Labute approximate surface area is 158 Å². The molecular weight excluding hydrogens is 380 g/mol. The van der Waals surface area contributed by atoms with Crippen LogP contribution in [0.1, 0.15) is 23.1 Å². The van der Waals surface area contributed by atoms with E-state index in [0.717, 1.165) is 6.07 Å². The smallest absolute Gasteiger partial charge is 0.311 e. The number of carbonyl (C=O) groups is 1. The molecule has 0 radical (unpaired) electrons. The number of nitrogens with zero attached hydrogens (tertiary/aromatic N) is 4. The molecule has 2 rings (SSSR count). The molecule has 0 saturated heterocycles. The van der Waals surface area contributed by atoms with Gasteiger partial charge in [-0.25, -0.2) is 4.68 Å². The fraction of sp³-hybridized carbons (Fsp3) is 0.286. The third kappa shape index (κ3) is 4.46. The van der Waals surface area contributed by atoms with E-state index in [-0.39, 0.29) is 28.7 Å². The summed E-state index contributed by atoms with van der Waals surface area (Å²) in [6, 6.07) is 3.94. The van der Waals surface area contributed by atoms with E-state index in [4.69, 9.17) is 17.0 Å². The van der Waals surface area contributed by atoms with Crippen molar-refractivity contribution in [2.45, 2.75) is 19.0 Å². The van der Waals surface area contributed by atoms with Gasteiger partial charge in [0.05, 0.1) is 11.5 Å². The average molecular weight is 396 g/mol. The maximum Gasteiger partial charge on any atom is 0.311 e. The second-order valence-corrected chi connectivity index (χ2v) is 6.02. The third-order valence-corrected chi connectivity index (χ3v) is 3.96. The summed E-state index contributed by atoms with van der Waals surface area (Å²) in [7, 11) is 0. The number of amides is 1. The lowest BCUT2D eigenvalue weighted by molar-refractivity contribution is -0.385. The van der Waals surface area contributed by atoms with Gasteiger partial charge in [-0.05, 0) is 44.5 Å². The Morgan fingerprint density at radius 2 is 2.19 bits per heavy atom. The van der Waals surface area contributed by atoms with Gasteiger partial charge in [0.25, 0.3) is 5.91 Å². The van der Waals surface area contributed by atoms with Crippen LogP contribution in [0, 0.1) is 17.0 Å². The van der Waals surface area contributed by atoms with Crippen LogP contribution in [0.2, 0.25) is 0 Å². The fourth-order valence-electron chi connectivity index (χ4n) is 1.99. The van der Waals surface area contributed by atoms with Crippen LogP contribution in [-0.2, 0) is 0 Å². The molecule has 0 aliphatic carbocycles. The van der Waals surface area contributed by atoms with Crippen molar-refractivity contribution < 1.29 is 14.5 Å². The lowest BCUT2D eigenvalue weighted by atomic mass is 10.1. The Bertz CT molecular complexity index is 854. The summed E-state index contributed by atoms with van der Waals surface area (Å²) >= 11 is 6.46. The second kappa shape index (κ2) is 8.58. The third-order valence-electron chi connectivity index (χ3n) is 3.14. The van der Waals surface area contributed by atoms with Gasteiger partial charge in [-0.1, -0.05) is 11.8 Å². The first-order valence-corrected chi connectivity index (χ1v) is 9.00. The predicted octanol–water partition coefficient (Wildman–Crippen LogP) is 1.87. The molecule has 0 unspecified atom stereocenters. The number of hydrogen-bond acceptors (Lipinski definition) is 8. The first-order chi connectivity index (χ1) is 12.4. The first kappa shape index (κ1) is 19.6. The van der Waals surface area contributed by atoms with E-state index in [1.165, 1.54) is 28.6 Å². The van der Waals surface area contributed by atoms with Crippen LogP contribution in [0.15, 0.2) is 23.4 Å². The molecule has 2 N–H and O–H groups in total. The van der Waals surface area contributed by atoms with Crippen LogP contribution in [0.5, 0.6) is 5.75 Å². The van der Waals surface area contributed by atoms with E-state index in [9.17, 15) is 14.9 Å². The summed E-state index contributed by atoms with van der Waals surface area (Å²) in [5.41, 5.74) is 2.58. The summed E-state index contributed by atoms with van der Waals surface area (Å²) < 4.78 is 6.71. The minimum Gasteiger partial charge on any atom is -0.487 e. The summed E-state index contributed by atoms with van der Waals surface area (Å²) in [4.78, 5) is 22.9. The number of nitrogens with one attached hydrogen (secondary N) is 2. The number of carbonyl (C=O) groups excluding carboxylic acids is 1. The Kier molecular flexibility index (Phi) is 6.46. The van der Waals surface area contributed by atoms with Gasteiger partial charge in [0, 0.05) is 11.6 Å². The zero-order chi connectivity index (χ0) is 19.3. The molecule has 0 atom stereocenters. The number of ether oxygens (including phenoxy) is 1. The molecule has 138 valence electrons. The monoisotopic (exact) mass is 396 g/mol. The topological polar surface area (TPSA) is 124 Å². The molecular formula is C14H16N6O4S2.